The van der Waals surface area contributed by atoms with Crippen molar-refractivity contribution < 1.29 is 9.90 Å². The van der Waals surface area contributed by atoms with Crippen LogP contribution >= 0.6 is 11.3 Å². The Balaban J connectivity index is 2.38. The van der Waals surface area contributed by atoms with E-state index in [4.69, 9.17) is 5.11 Å². The second-order valence-electron chi connectivity index (χ2n) is 4.51. The van der Waals surface area contributed by atoms with Gasteiger partial charge in [-0.15, -0.1) is 11.3 Å². The lowest BCUT2D eigenvalue weighted by Crippen LogP contribution is -2.42. The van der Waals surface area contributed by atoms with Gasteiger partial charge in [0.1, 0.15) is 4.88 Å². The second kappa shape index (κ2) is 3.97. The van der Waals surface area contributed by atoms with Gasteiger partial charge in [0.25, 0.3) is 0 Å². The summed E-state index contributed by atoms with van der Waals surface area (Å²) in [5.41, 5.74) is 1.78. The number of hydrogen-bond acceptors (Lipinski definition) is 4. The topological polar surface area (TPSA) is 52.6 Å². The first-order chi connectivity index (χ1) is 7.50. The van der Waals surface area contributed by atoms with Crippen molar-refractivity contribution in [2.75, 3.05) is 23.8 Å². The van der Waals surface area contributed by atoms with Crippen LogP contribution in [-0.2, 0) is 0 Å². The Kier molecular flexibility index (Phi) is 2.80. The largest absolute Gasteiger partial charge is 0.477 e. The lowest BCUT2D eigenvalue weighted by Gasteiger charge is -2.35. The highest BCUT2D eigenvalue weighted by atomic mass is 32.1. The minimum atomic E-state index is -0.850. The van der Waals surface area contributed by atoms with E-state index in [0.29, 0.717) is 16.8 Å². The Bertz CT molecular complexity index is 414. The lowest BCUT2D eigenvalue weighted by molar-refractivity contribution is 0.0703. The third-order valence-corrected chi connectivity index (χ3v) is 3.94. The lowest BCUT2D eigenvalue weighted by atomic mass is 10.0. The van der Waals surface area contributed by atoms with E-state index in [9.17, 15) is 4.79 Å². The zero-order valence-electron chi connectivity index (χ0n) is 9.65. The van der Waals surface area contributed by atoms with Gasteiger partial charge in [-0.2, -0.15) is 0 Å². The summed E-state index contributed by atoms with van der Waals surface area (Å²) in [6.45, 7) is 5.20. The molecule has 1 aromatic rings. The number of nitrogens with zero attached hydrogens (tertiary/aromatic N) is 1. The Hall–Kier alpha value is -1.23. The highest BCUT2D eigenvalue weighted by Crippen LogP contribution is 2.39. The Morgan fingerprint density at radius 1 is 1.69 bits per heavy atom. The van der Waals surface area contributed by atoms with Crippen LogP contribution in [0.1, 0.15) is 23.5 Å². The summed E-state index contributed by atoms with van der Waals surface area (Å²) in [7, 11) is 2.01. The number of fused-ring (bicyclic) bond motifs is 1. The maximum absolute atomic E-state index is 11.1. The molecule has 88 valence electrons. The Morgan fingerprint density at radius 3 is 2.94 bits per heavy atom. The number of thiophene rings is 1. The fraction of sp³-hybridized carbons (Fsp3) is 0.545. The van der Waals surface area contributed by atoms with Crippen LogP contribution in [0.5, 0.6) is 0 Å². The molecule has 0 saturated carbocycles. The first kappa shape index (κ1) is 11.3. The van der Waals surface area contributed by atoms with Gasteiger partial charge in [0.15, 0.2) is 0 Å². The predicted octanol–water partition coefficient (Wildman–Crippen LogP) is 2.33. The van der Waals surface area contributed by atoms with E-state index in [1.807, 2.05) is 12.4 Å². The standard InChI is InChI=1S/C11H16N2O2S/c1-6(2)7-4-13(3)8-5-16-10(11(14)15)9(8)12-7/h5-7,12H,4H2,1-3H3,(H,14,15). The van der Waals surface area contributed by atoms with E-state index in [1.165, 1.54) is 11.3 Å². The highest BCUT2D eigenvalue weighted by Gasteiger charge is 2.28. The molecular formula is C11H16N2O2S. The molecule has 16 heavy (non-hydrogen) atoms. The molecule has 0 spiro atoms. The molecule has 1 aliphatic heterocycles. The van der Waals surface area contributed by atoms with Crippen LogP contribution in [-0.4, -0.2) is 30.7 Å². The molecule has 5 heteroatoms. The normalized spacial score (nSPS) is 19.5. The SMILES string of the molecule is CC(C)C1CN(C)c2csc(C(=O)O)c2N1. The van der Waals surface area contributed by atoms with Crippen molar-refractivity contribution in [3.63, 3.8) is 0 Å². The number of carbonyl (C=O) groups is 1. The number of hydrogen-bond donors (Lipinski definition) is 2. The fourth-order valence-corrected chi connectivity index (χ4v) is 2.84. The van der Waals surface area contributed by atoms with Gasteiger partial charge < -0.3 is 15.3 Å². The van der Waals surface area contributed by atoms with Crippen LogP contribution in [0.4, 0.5) is 11.4 Å². The summed E-state index contributed by atoms with van der Waals surface area (Å²) < 4.78 is 0. The first-order valence-electron chi connectivity index (χ1n) is 5.33. The van der Waals surface area contributed by atoms with Crippen LogP contribution in [0.3, 0.4) is 0 Å². The summed E-state index contributed by atoms with van der Waals surface area (Å²) in [5, 5.41) is 14.3. The number of carboxylic acid groups (broad SMARTS) is 1. The molecule has 0 fully saturated rings. The number of anilines is 2. The number of carboxylic acids is 1. The molecule has 1 unspecified atom stereocenters. The fourth-order valence-electron chi connectivity index (χ4n) is 1.93. The molecular weight excluding hydrogens is 224 g/mol. The average Bonchev–Trinajstić information content (AvgIpc) is 2.61. The summed E-state index contributed by atoms with van der Waals surface area (Å²) in [6, 6.07) is 0.310. The molecule has 0 aromatic carbocycles. The number of nitrogens with one attached hydrogen (secondary N) is 1. The van der Waals surface area contributed by atoms with E-state index >= 15 is 0 Å². The van der Waals surface area contributed by atoms with E-state index in [2.05, 4.69) is 24.1 Å². The average molecular weight is 240 g/mol. The van der Waals surface area contributed by atoms with Gasteiger partial charge in [0, 0.05) is 25.0 Å². The van der Waals surface area contributed by atoms with E-state index in [-0.39, 0.29) is 0 Å². The third-order valence-electron chi connectivity index (χ3n) is 2.98. The van der Waals surface area contributed by atoms with Crippen LogP contribution in [0.15, 0.2) is 5.38 Å². The monoisotopic (exact) mass is 240 g/mol. The van der Waals surface area contributed by atoms with Crippen LogP contribution in [0.25, 0.3) is 0 Å². The van der Waals surface area contributed by atoms with Crippen molar-refractivity contribution in [1.29, 1.82) is 0 Å². The summed E-state index contributed by atoms with van der Waals surface area (Å²) in [5.74, 6) is -0.367. The number of likely N-dealkylation sites (N-methyl/N-ethyl adjacent to an activating group) is 1. The quantitative estimate of drug-likeness (QED) is 0.833. The Labute approximate surface area is 98.9 Å². The van der Waals surface area contributed by atoms with Gasteiger partial charge in [0.05, 0.1) is 11.4 Å². The Morgan fingerprint density at radius 2 is 2.38 bits per heavy atom. The van der Waals surface area contributed by atoms with Crippen molar-refractivity contribution >= 4 is 28.7 Å². The zero-order valence-corrected chi connectivity index (χ0v) is 10.5. The second-order valence-corrected chi connectivity index (χ2v) is 5.39. The minimum absolute atomic E-state index is 0.310. The molecule has 0 bridgehead atoms. The van der Waals surface area contributed by atoms with Crippen LogP contribution < -0.4 is 10.2 Å². The zero-order chi connectivity index (χ0) is 11.9. The molecule has 2 heterocycles. The smallest absolute Gasteiger partial charge is 0.348 e. The van der Waals surface area contributed by atoms with Gasteiger partial charge in [-0.25, -0.2) is 4.79 Å². The molecule has 2 N–H and O–H groups in total. The van der Waals surface area contributed by atoms with Gasteiger partial charge in [-0.3, -0.25) is 0 Å². The highest BCUT2D eigenvalue weighted by molar-refractivity contribution is 7.13. The van der Waals surface area contributed by atoms with Crippen LogP contribution in [0.2, 0.25) is 0 Å². The van der Waals surface area contributed by atoms with Gasteiger partial charge in [0.2, 0.25) is 0 Å². The van der Waals surface area contributed by atoms with Crippen LogP contribution in [0, 0.1) is 5.92 Å². The summed E-state index contributed by atoms with van der Waals surface area (Å²) >= 11 is 1.29. The molecule has 1 aromatic heterocycles. The molecule has 4 nitrogen and oxygen atoms in total. The van der Waals surface area contributed by atoms with E-state index in [1.54, 1.807) is 0 Å². The molecule has 0 radical (unpaired) electrons. The van der Waals surface area contributed by atoms with Gasteiger partial charge >= 0.3 is 5.97 Å². The molecule has 0 saturated heterocycles. The number of aromatic carboxylic acids is 1. The number of rotatable bonds is 2. The van der Waals surface area contributed by atoms with Crippen molar-refractivity contribution in [2.24, 2.45) is 5.92 Å². The van der Waals surface area contributed by atoms with Crippen molar-refractivity contribution in [3.05, 3.63) is 10.3 Å². The van der Waals surface area contributed by atoms with E-state index < -0.39 is 5.97 Å². The maximum Gasteiger partial charge on any atom is 0.348 e. The molecule has 0 aliphatic carbocycles. The van der Waals surface area contributed by atoms with E-state index in [0.717, 1.165) is 17.9 Å². The van der Waals surface area contributed by atoms with Gasteiger partial charge in [-0.1, -0.05) is 13.8 Å². The first-order valence-corrected chi connectivity index (χ1v) is 6.21. The molecule has 0 amide bonds. The molecule has 1 atom stereocenters. The maximum atomic E-state index is 11.1. The van der Waals surface area contributed by atoms with Crippen molar-refractivity contribution in [2.45, 2.75) is 19.9 Å². The molecule has 1 aliphatic rings. The molecule has 2 rings (SSSR count). The third kappa shape index (κ3) is 1.75. The predicted molar refractivity (Wildman–Crippen MR) is 66.8 cm³/mol. The minimum Gasteiger partial charge on any atom is -0.477 e. The summed E-state index contributed by atoms with van der Waals surface area (Å²) in [6.07, 6.45) is 0. The van der Waals surface area contributed by atoms with Crippen molar-refractivity contribution in [1.82, 2.24) is 0 Å². The summed E-state index contributed by atoms with van der Waals surface area (Å²) in [4.78, 5) is 13.6. The van der Waals surface area contributed by atoms with Crippen molar-refractivity contribution in [3.8, 4) is 0 Å². The van der Waals surface area contributed by atoms with Gasteiger partial charge in [-0.05, 0) is 5.92 Å².